The van der Waals surface area contributed by atoms with Crippen molar-refractivity contribution in [1.29, 1.82) is 0 Å². The third kappa shape index (κ3) is 2.16. The Morgan fingerprint density at radius 2 is 2.25 bits per heavy atom. The molecule has 88 valence electrons. The van der Waals surface area contributed by atoms with Gasteiger partial charge < -0.3 is 10.2 Å². The Labute approximate surface area is 97.1 Å². The third-order valence-electron chi connectivity index (χ3n) is 3.03. The molecule has 0 bridgehead atoms. The molecule has 2 heterocycles. The van der Waals surface area contributed by atoms with Crippen LogP contribution in [0.3, 0.4) is 0 Å². The van der Waals surface area contributed by atoms with Crippen molar-refractivity contribution in [2.45, 2.75) is 33.2 Å². The molecule has 0 saturated carbocycles. The van der Waals surface area contributed by atoms with Gasteiger partial charge in [-0.25, -0.2) is 9.97 Å². The van der Waals surface area contributed by atoms with Crippen LogP contribution in [0.5, 0.6) is 0 Å². The Kier molecular flexibility index (Phi) is 3.72. The predicted octanol–water partition coefficient (Wildman–Crippen LogP) is 1.36. The van der Waals surface area contributed by atoms with Crippen LogP contribution in [0.2, 0.25) is 0 Å². The average Bonchev–Trinajstić information content (AvgIpc) is 2.35. The lowest BCUT2D eigenvalue weighted by Gasteiger charge is -2.26. The maximum atomic E-state index is 4.46. The summed E-state index contributed by atoms with van der Waals surface area (Å²) in [6, 6.07) is 0. The van der Waals surface area contributed by atoms with Crippen LogP contribution in [0.15, 0.2) is 6.33 Å². The van der Waals surface area contributed by atoms with Crippen LogP contribution >= 0.6 is 0 Å². The van der Waals surface area contributed by atoms with E-state index in [9.17, 15) is 0 Å². The van der Waals surface area contributed by atoms with Gasteiger partial charge in [0.25, 0.3) is 0 Å². The fraction of sp³-hybridized carbons (Fsp3) is 0.667. The Hall–Kier alpha value is -1.16. The molecular formula is C12H20N4. The molecule has 1 aromatic heterocycles. The smallest absolute Gasteiger partial charge is 0.136 e. The van der Waals surface area contributed by atoms with Gasteiger partial charge in [-0.3, -0.25) is 0 Å². The van der Waals surface area contributed by atoms with Gasteiger partial charge in [-0.05, 0) is 13.3 Å². The summed E-state index contributed by atoms with van der Waals surface area (Å²) in [7, 11) is 0. The van der Waals surface area contributed by atoms with Crippen molar-refractivity contribution in [3.63, 3.8) is 0 Å². The largest absolute Gasteiger partial charge is 0.357 e. The Morgan fingerprint density at radius 1 is 1.38 bits per heavy atom. The van der Waals surface area contributed by atoms with Crippen molar-refractivity contribution in [1.82, 2.24) is 15.3 Å². The topological polar surface area (TPSA) is 41.1 Å². The molecule has 16 heavy (non-hydrogen) atoms. The molecule has 0 aliphatic carbocycles. The zero-order chi connectivity index (χ0) is 11.4. The molecule has 0 amide bonds. The van der Waals surface area contributed by atoms with Gasteiger partial charge in [0.2, 0.25) is 0 Å². The quantitative estimate of drug-likeness (QED) is 0.832. The first-order valence-corrected chi connectivity index (χ1v) is 6.15. The van der Waals surface area contributed by atoms with E-state index in [1.807, 2.05) is 0 Å². The maximum Gasteiger partial charge on any atom is 0.136 e. The molecule has 0 spiro atoms. The average molecular weight is 220 g/mol. The van der Waals surface area contributed by atoms with Crippen molar-refractivity contribution in [3.8, 4) is 0 Å². The van der Waals surface area contributed by atoms with Crippen LogP contribution in [-0.2, 0) is 13.0 Å². The van der Waals surface area contributed by atoms with E-state index in [1.165, 1.54) is 11.3 Å². The Balaban J connectivity index is 2.31. The van der Waals surface area contributed by atoms with Crippen LogP contribution < -0.4 is 10.2 Å². The van der Waals surface area contributed by atoms with Crippen LogP contribution in [0.25, 0.3) is 0 Å². The van der Waals surface area contributed by atoms with Crippen LogP contribution in [0.4, 0.5) is 5.82 Å². The molecule has 1 aromatic rings. The zero-order valence-electron chi connectivity index (χ0n) is 10.2. The molecule has 0 unspecified atom stereocenters. The monoisotopic (exact) mass is 220 g/mol. The van der Waals surface area contributed by atoms with Gasteiger partial charge in [0.1, 0.15) is 12.1 Å². The summed E-state index contributed by atoms with van der Waals surface area (Å²) >= 11 is 0. The van der Waals surface area contributed by atoms with Gasteiger partial charge in [0.05, 0.1) is 5.69 Å². The number of aromatic nitrogens is 2. The summed E-state index contributed by atoms with van der Waals surface area (Å²) in [4.78, 5) is 11.2. The molecule has 4 heteroatoms. The van der Waals surface area contributed by atoms with Gasteiger partial charge >= 0.3 is 0 Å². The Morgan fingerprint density at radius 3 is 3.00 bits per heavy atom. The molecule has 0 fully saturated rings. The highest BCUT2D eigenvalue weighted by Crippen LogP contribution is 2.22. The SMILES string of the molecule is CCCN(CC)c1ncnc2c1CNCC2. The van der Waals surface area contributed by atoms with E-state index in [0.29, 0.717) is 0 Å². The minimum atomic E-state index is 0.908. The summed E-state index contributed by atoms with van der Waals surface area (Å²) in [5, 5.41) is 3.40. The van der Waals surface area contributed by atoms with E-state index in [1.54, 1.807) is 6.33 Å². The molecule has 1 N–H and O–H groups in total. The van der Waals surface area contributed by atoms with Gasteiger partial charge in [0, 0.05) is 38.2 Å². The lowest BCUT2D eigenvalue weighted by Crippen LogP contribution is -2.31. The van der Waals surface area contributed by atoms with Crippen molar-refractivity contribution in [2.24, 2.45) is 0 Å². The first-order valence-electron chi connectivity index (χ1n) is 6.15. The van der Waals surface area contributed by atoms with Crippen LogP contribution in [0, 0.1) is 0 Å². The van der Waals surface area contributed by atoms with E-state index >= 15 is 0 Å². The highest BCUT2D eigenvalue weighted by Gasteiger charge is 2.17. The standard InChI is InChI=1S/C12H20N4/c1-3-7-16(4-2)12-10-8-13-6-5-11(10)14-9-15-12/h9,13H,3-8H2,1-2H3. The van der Waals surface area contributed by atoms with Crippen LogP contribution in [-0.4, -0.2) is 29.6 Å². The highest BCUT2D eigenvalue weighted by atomic mass is 15.2. The van der Waals surface area contributed by atoms with Gasteiger partial charge in [-0.1, -0.05) is 6.92 Å². The molecule has 1 aliphatic rings. The number of rotatable bonds is 4. The number of anilines is 1. The van der Waals surface area contributed by atoms with Crippen molar-refractivity contribution in [2.75, 3.05) is 24.5 Å². The van der Waals surface area contributed by atoms with E-state index in [2.05, 4.69) is 34.0 Å². The summed E-state index contributed by atoms with van der Waals surface area (Å²) in [5.74, 6) is 1.13. The fourth-order valence-electron chi connectivity index (χ4n) is 2.21. The van der Waals surface area contributed by atoms with E-state index in [0.717, 1.165) is 44.8 Å². The summed E-state index contributed by atoms with van der Waals surface area (Å²) < 4.78 is 0. The van der Waals surface area contributed by atoms with Gasteiger partial charge in [0.15, 0.2) is 0 Å². The minimum Gasteiger partial charge on any atom is -0.357 e. The summed E-state index contributed by atoms with van der Waals surface area (Å²) in [6.07, 6.45) is 3.88. The first kappa shape index (κ1) is 11.3. The summed E-state index contributed by atoms with van der Waals surface area (Å²) in [5.41, 5.74) is 2.52. The number of nitrogens with one attached hydrogen (secondary N) is 1. The van der Waals surface area contributed by atoms with Gasteiger partial charge in [-0.2, -0.15) is 0 Å². The first-order chi connectivity index (χ1) is 7.86. The minimum absolute atomic E-state index is 0.908. The lowest BCUT2D eigenvalue weighted by molar-refractivity contribution is 0.619. The molecule has 4 nitrogen and oxygen atoms in total. The normalized spacial score (nSPS) is 14.6. The van der Waals surface area contributed by atoms with Crippen molar-refractivity contribution in [3.05, 3.63) is 17.6 Å². The van der Waals surface area contributed by atoms with E-state index in [4.69, 9.17) is 0 Å². The molecule has 0 aromatic carbocycles. The second-order valence-corrected chi connectivity index (χ2v) is 4.13. The van der Waals surface area contributed by atoms with Crippen LogP contribution in [0.1, 0.15) is 31.5 Å². The molecular weight excluding hydrogens is 200 g/mol. The third-order valence-corrected chi connectivity index (χ3v) is 3.03. The van der Waals surface area contributed by atoms with E-state index < -0.39 is 0 Å². The lowest BCUT2D eigenvalue weighted by atomic mass is 10.1. The number of hydrogen-bond acceptors (Lipinski definition) is 4. The number of fused-ring (bicyclic) bond motifs is 1. The zero-order valence-corrected chi connectivity index (χ0v) is 10.2. The van der Waals surface area contributed by atoms with Gasteiger partial charge in [-0.15, -0.1) is 0 Å². The van der Waals surface area contributed by atoms with Crippen molar-refractivity contribution >= 4 is 5.82 Å². The number of nitrogens with zero attached hydrogens (tertiary/aromatic N) is 3. The molecule has 0 saturated heterocycles. The fourth-order valence-corrected chi connectivity index (χ4v) is 2.21. The summed E-state index contributed by atoms with van der Waals surface area (Å²) in [6.45, 7) is 8.40. The molecule has 2 rings (SSSR count). The maximum absolute atomic E-state index is 4.46. The Bertz CT molecular complexity index is 351. The van der Waals surface area contributed by atoms with E-state index in [-0.39, 0.29) is 0 Å². The number of hydrogen-bond donors (Lipinski definition) is 1. The second-order valence-electron chi connectivity index (χ2n) is 4.13. The predicted molar refractivity (Wildman–Crippen MR) is 65.6 cm³/mol. The molecule has 0 atom stereocenters. The molecule has 0 radical (unpaired) electrons. The van der Waals surface area contributed by atoms with Crippen molar-refractivity contribution < 1.29 is 0 Å². The second kappa shape index (κ2) is 5.25. The highest BCUT2D eigenvalue weighted by molar-refractivity contribution is 5.49. The molecule has 1 aliphatic heterocycles.